The number of halogens is 1. The van der Waals surface area contributed by atoms with Gasteiger partial charge in [0.05, 0.1) is 0 Å². The summed E-state index contributed by atoms with van der Waals surface area (Å²) in [5.41, 5.74) is 0. The zero-order valence-electron chi connectivity index (χ0n) is 3.33. The van der Waals surface area contributed by atoms with E-state index in [1.807, 2.05) is 0 Å². The van der Waals surface area contributed by atoms with E-state index in [1.165, 1.54) is 0 Å². The summed E-state index contributed by atoms with van der Waals surface area (Å²) < 4.78 is 0. The standard InChI is InChI=1S/CH4O.ClH.H3N.H2O/c1-2;;;/h2H,1H3;1H;1H3;1H2. The second kappa shape index (κ2) is 1450. The highest BCUT2D eigenvalue weighted by Gasteiger charge is 0.839. The van der Waals surface area contributed by atoms with Crippen LogP contribution in [0.4, 0.5) is 0 Å². The molecule has 0 spiro atoms. The highest BCUT2D eigenvalue weighted by molar-refractivity contribution is 3.18. The molecule has 0 rings (SSSR count). The Bertz CT molecular complexity index is 9.61. The van der Waals surface area contributed by atoms with Gasteiger partial charge in [0.15, 0.2) is 0 Å². The van der Waals surface area contributed by atoms with Crippen LogP contribution < -0.4 is 18.6 Å². The van der Waals surface area contributed by atoms with Crippen LogP contribution in [0.5, 0.6) is 0 Å². The molecule has 0 fully saturated rings. The van der Waals surface area contributed by atoms with Crippen molar-refractivity contribution >= 4 is 0 Å². The molecular weight excluding hydrogens is 93.5 g/mol. The first kappa shape index (κ1) is 65.7. The second-order valence-corrected chi connectivity index (χ2v) is 0. The molecule has 0 aromatic heterocycles. The monoisotopic (exact) mass is 103 g/mol. The molecular formula is CH10ClNO2. The van der Waals surface area contributed by atoms with Crippen molar-refractivity contribution in [3.8, 4) is 0 Å². The predicted molar refractivity (Wildman–Crippen MR) is 17.7 cm³/mol. The topological polar surface area (TPSA) is 88.2 Å². The lowest BCUT2D eigenvalue weighted by atomic mass is 11.8. The average Bonchev–Trinajstić information content (AvgIpc) is 1.00. The molecule has 0 aliphatic carbocycles. The van der Waals surface area contributed by atoms with Gasteiger partial charge in [0.2, 0.25) is 0 Å². The largest absolute Gasteiger partial charge is 1.00 e. The number of hydrogen-bond donors (Lipinski definition) is 2. The van der Waals surface area contributed by atoms with Crippen LogP contribution in [0.3, 0.4) is 0 Å². The van der Waals surface area contributed by atoms with Gasteiger partial charge in [-0.15, -0.1) is 0 Å². The van der Waals surface area contributed by atoms with Crippen LogP contribution in [0, 0.1) is 0 Å². The summed E-state index contributed by atoms with van der Waals surface area (Å²) in [7, 11) is 1.00. The normalized spacial score (nSPS) is 1.20. The van der Waals surface area contributed by atoms with Crippen molar-refractivity contribution in [2.45, 2.75) is 0 Å². The van der Waals surface area contributed by atoms with Gasteiger partial charge in [-0.3, -0.25) is 0 Å². The van der Waals surface area contributed by atoms with E-state index in [4.69, 9.17) is 5.11 Å². The third-order valence-corrected chi connectivity index (χ3v) is 0. The Hall–Kier alpha value is 0.170. The summed E-state index contributed by atoms with van der Waals surface area (Å²) >= 11 is 0. The first-order valence-corrected chi connectivity index (χ1v) is 0.447. The highest BCUT2D eigenvalue weighted by Crippen LogP contribution is 0.755. The molecule has 0 radical (unpaired) electrons. The predicted octanol–water partition coefficient (Wildman–Crippen LogP) is -3.84. The van der Waals surface area contributed by atoms with E-state index in [0.717, 1.165) is 7.11 Å². The van der Waals surface area contributed by atoms with Gasteiger partial charge < -0.3 is 29.1 Å². The van der Waals surface area contributed by atoms with Crippen molar-refractivity contribution in [2.24, 2.45) is 0 Å². The van der Waals surface area contributed by atoms with Crippen LogP contribution in [0.15, 0.2) is 0 Å². The Morgan fingerprint density at radius 2 is 1.20 bits per heavy atom. The Kier molecular flexibility index (Phi) is 19000. The lowest BCUT2D eigenvalue weighted by Crippen LogP contribution is -3.00. The van der Waals surface area contributed by atoms with Gasteiger partial charge in [0.1, 0.15) is 0 Å². The van der Waals surface area contributed by atoms with E-state index >= 15 is 0 Å². The number of aliphatic hydroxyl groups excluding tert-OH is 1. The van der Waals surface area contributed by atoms with Gasteiger partial charge in [-0.05, 0) is 0 Å². The molecule has 0 aliphatic rings. The SMILES string of the molecule is CO.O.[Cl-].[NH4+]. The fraction of sp³-hybridized carbons (Fsp3) is 1.00. The maximum atomic E-state index is 7.00. The van der Waals surface area contributed by atoms with E-state index in [-0.39, 0.29) is 24.0 Å². The minimum Gasteiger partial charge on any atom is -1.00 e. The number of aliphatic hydroxyl groups is 1. The molecule has 0 aliphatic heterocycles. The maximum Gasteiger partial charge on any atom is 0.0319 e. The number of rotatable bonds is 0. The van der Waals surface area contributed by atoms with Gasteiger partial charge in [0, 0.05) is 7.11 Å². The summed E-state index contributed by atoms with van der Waals surface area (Å²) in [6.45, 7) is 0. The molecule has 4 heteroatoms. The number of hydrogen-bond acceptors (Lipinski definition) is 1. The van der Waals surface area contributed by atoms with Crippen molar-refractivity contribution in [2.75, 3.05) is 7.11 Å². The third-order valence-electron chi connectivity index (χ3n) is 0. The molecule has 0 amide bonds. The molecule has 7 N–H and O–H groups in total. The van der Waals surface area contributed by atoms with E-state index in [2.05, 4.69) is 0 Å². The van der Waals surface area contributed by atoms with Crippen LogP contribution in [-0.4, -0.2) is 17.7 Å². The van der Waals surface area contributed by atoms with Crippen molar-refractivity contribution < 1.29 is 23.0 Å². The van der Waals surface area contributed by atoms with Crippen molar-refractivity contribution in [3.63, 3.8) is 0 Å². The molecule has 0 atom stereocenters. The molecule has 0 bridgehead atoms. The summed E-state index contributed by atoms with van der Waals surface area (Å²) in [4.78, 5) is 0. The Labute approximate surface area is 37.3 Å². The zero-order valence-corrected chi connectivity index (χ0v) is 4.08. The molecule has 0 saturated carbocycles. The van der Waals surface area contributed by atoms with E-state index in [0.29, 0.717) is 0 Å². The molecule has 38 valence electrons. The molecule has 5 heavy (non-hydrogen) atoms. The summed E-state index contributed by atoms with van der Waals surface area (Å²) in [5, 5.41) is 7.00. The van der Waals surface area contributed by atoms with Crippen molar-refractivity contribution in [1.29, 1.82) is 0 Å². The number of quaternary nitrogens is 1. The minimum atomic E-state index is 0. The zero-order chi connectivity index (χ0) is 2.00. The molecule has 0 aromatic rings. The first-order valence-electron chi connectivity index (χ1n) is 0.447. The van der Waals surface area contributed by atoms with Crippen LogP contribution in [0.2, 0.25) is 0 Å². The average molecular weight is 104 g/mol. The van der Waals surface area contributed by atoms with E-state index in [9.17, 15) is 0 Å². The third kappa shape index (κ3) is 679. The second-order valence-electron chi connectivity index (χ2n) is 0. The fourth-order valence-electron chi connectivity index (χ4n) is 0. The van der Waals surface area contributed by atoms with Gasteiger partial charge in [0.25, 0.3) is 0 Å². The summed E-state index contributed by atoms with van der Waals surface area (Å²) in [6.07, 6.45) is 0. The quantitative estimate of drug-likeness (QED) is 0.323. The highest BCUT2D eigenvalue weighted by atomic mass is 35.5. The summed E-state index contributed by atoms with van der Waals surface area (Å²) in [5.74, 6) is 0. The van der Waals surface area contributed by atoms with Crippen molar-refractivity contribution in [1.82, 2.24) is 6.15 Å². The Morgan fingerprint density at radius 3 is 1.20 bits per heavy atom. The van der Waals surface area contributed by atoms with E-state index in [1.54, 1.807) is 0 Å². The molecule has 3 nitrogen and oxygen atoms in total. The minimum absolute atomic E-state index is 0. The lowest BCUT2D eigenvalue weighted by Gasteiger charge is -1.21. The first-order chi connectivity index (χ1) is 1.00. The van der Waals surface area contributed by atoms with Gasteiger partial charge in [-0.25, -0.2) is 0 Å². The summed E-state index contributed by atoms with van der Waals surface area (Å²) in [6, 6.07) is 0. The molecule has 0 unspecified atom stereocenters. The lowest BCUT2D eigenvalue weighted by molar-refractivity contribution is -0.00000292. The van der Waals surface area contributed by atoms with Crippen LogP contribution in [0.25, 0.3) is 0 Å². The van der Waals surface area contributed by atoms with Gasteiger partial charge in [-0.1, -0.05) is 0 Å². The Morgan fingerprint density at radius 1 is 1.20 bits per heavy atom. The molecule has 0 heterocycles. The smallest absolute Gasteiger partial charge is 0.0319 e. The van der Waals surface area contributed by atoms with Crippen molar-refractivity contribution in [3.05, 3.63) is 0 Å². The van der Waals surface area contributed by atoms with Crippen LogP contribution in [0.1, 0.15) is 0 Å². The van der Waals surface area contributed by atoms with Gasteiger partial charge in [-0.2, -0.15) is 0 Å². The fourth-order valence-corrected chi connectivity index (χ4v) is 0. The van der Waals surface area contributed by atoms with Crippen LogP contribution >= 0.6 is 0 Å². The maximum absolute atomic E-state index is 7.00. The Balaban J connectivity index is -0.00000000167. The van der Waals surface area contributed by atoms with E-state index < -0.39 is 0 Å². The molecule has 0 aromatic carbocycles. The van der Waals surface area contributed by atoms with Gasteiger partial charge >= 0.3 is 0 Å². The van der Waals surface area contributed by atoms with Crippen LogP contribution in [-0.2, 0) is 0 Å². The molecule has 0 saturated heterocycles.